The van der Waals surface area contributed by atoms with Crippen LogP contribution in [0.15, 0.2) is 59.5 Å². The molecule has 0 saturated heterocycles. The maximum Gasteiger partial charge on any atom is 0.407 e. The number of ether oxygens (including phenoxy) is 1. The molecule has 0 aliphatic rings. The Morgan fingerprint density at radius 3 is 2.31 bits per heavy atom. The SMILES string of the molecule is COC(=O)NC(Cc1ccccc1)C(=O)Nc1ccc(SC(F)F)cc1. The van der Waals surface area contributed by atoms with E-state index in [1.54, 1.807) is 0 Å². The van der Waals surface area contributed by atoms with Crippen molar-refractivity contribution in [3.05, 3.63) is 60.2 Å². The van der Waals surface area contributed by atoms with Crippen molar-refractivity contribution in [1.82, 2.24) is 5.32 Å². The lowest BCUT2D eigenvalue weighted by Gasteiger charge is -2.18. The number of anilines is 1. The smallest absolute Gasteiger partial charge is 0.407 e. The summed E-state index contributed by atoms with van der Waals surface area (Å²) in [5.74, 6) is -2.94. The molecule has 0 aliphatic heterocycles. The number of nitrogens with one attached hydrogen (secondary N) is 2. The van der Waals surface area contributed by atoms with E-state index in [0.717, 1.165) is 5.56 Å². The number of rotatable bonds is 7. The van der Waals surface area contributed by atoms with Crippen LogP contribution < -0.4 is 10.6 Å². The normalized spacial score (nSPS) is 11.7. The fourth-order valence-electron chi connectivity index (χ4n) is 2.21. The van der Waals surface area contributed by atoms with Gasteiger partial charge in [0.1, 0.15) is 6.04 Å². The Morgan fingerprint density at radius 1 is 1.08 bits per heavy atom. The number of carbonyl (C=O) groups excluding carboxylic acids is 2. The van der Waals surface area contributed by atoms with Crippen LogP contribution in [0.2, 0.25) is 0 Å². The van der Waals surface area contributed by atoms with Gasteiger partial charge in [0.2, 0.25) is 5.91 Å². The Morgan fingerprint density at radius 2 is 1.73 bits per heavy atom. The van der Waals surface area contributed by atoms with Gasteiger partial charge >= 0.3 is 6.09 Å². The molecule has 2 amide bonds. The second kappa shape index (κ2) is 9.76. The van der Waals surface area contributed by atoms with Crippen LogP contribution in [0.5, 0.6) is 0 Å². The standard InChI is InChI=1S/C18H18F2N2O3S/c1-25-18(24)22-15(11-12-5-3-2-4-6-12)16(23)21-13-7-9-14(10-8-13)26-17(19)20/h2-10,15,17H,11H2,1H3,(H,21,23)(H,22,24). The molecular formula is C18H18F2N2O3S. The van der Waals surface area contributed by atoms with Crippen LogP contribution in [-0.2, 0) is 16.0 Å². The summed E-state index contributed by atoms with van der Waals surface area (Å²) in [5.41, 5.74) is 1.31. The number of halogens is 2. The first kappa shape index (κ1) is 19.7. The Balaban J connectivity index is 2.06. The van der Waals surface area contributed by atoms with Crippen LogP contribution in [0.1, 0.15) is 5.56 Å². The molecule has 8 heteroatoms. The second-order valence-electron chi connectivity index (χ2n) is 5.27. The molecule has 0 aromatic heterocycles. The van der Waals surface area contributed by atoms with Gasteiger partial charge in [0.05, 0.1) is 7.11 Å². The van der Waals surface area contributed by atoms with Crippen LogP contribution in [0.4, 0.5) is 19.3 Å². The molecule has 0 saturated carbocycles. The van der Waals surface area contributed by atoms with E-state index >= 15 is 0 Å². The molecule has 26 heavy (non-hydrogen) atoms. The van der Waals surface area contributed by atoms with Crippen molar-refractivity contribution in [2.75, 3.05) is 12.4 Å². The Kier molecular flexibility index (Phi) is 7.40. The molecule has 0 radical (unpaired) electrons. The van der Waals surface area contributed by atoms with E-state index in [-0.39, 0.29) is 6.42 Å². The zero-order valence-corrected chi connectivity index (χ0v) is 14.8. The van der Waals surface area contributed by atoms with Gasteiger partial charge in [0.15, 0.2) is 0 Å². The van der Waals surface area contributed by atoms with Gasteiger partial charge in [-0.25, -0.2) is 4.79 Å². The van der Waals surface area contributed by atoms with E-state index in [0.29, 0.717) is 22.3 Å². The molecule has 1 atom stereocenters. The highest BCUT2D eigenvalue weighted by Gasteiger charge is 2.22. The number of amides is 2. The Labute approximate surface area is 154 Å². The molecule has 0 bridgehead atoms. The number of carbonyl (C=O) groups is 2. The largest absolute Gasteiger partial charge is 0.453 e. The molecule has 1 unspecified atom stereocenters. The minimum absolute atomic E-state index is 0.279. The number of methoxy groups -OCH3 is 1. The van der Waals surface area contributed by atoms with Crippen LogP contribution >= 0.6 is 11.8 Å². The molecule has 138 valence electrons. The van der Waals surface area contributed by atoms with Gasteiger partial charge in [-0.1, -0.05) is 42.1 Å². The summed E-state index contributed by atoms with van der Waals surface area (Å²) < 4.78 is 29.2. The van der Waals surface area contributed by atoms with Gasteiger partial charge in [-0.3, -0.25) is 4.79 Å². The summed E-state index contributed by atoms with van der Waals surface area (Å²) in [5, 5.41) is 5.16. The van der Waals surface area contributed by atoms with E-state index < -0.39 is 23.8 Å². The van der Waals surface area contributed by atoms with Crippen LogP contribution in [0, 0.1) is 0 Å². The fraction of sp³-hybridized carbons (Fsp3) is 0.222. The third kappa shape index (κ3) is 6.36. The van der Waals surface area contributed by atoms with E-state index in [2.05, 4.69) is 15.4 Å². The van der Waals surface area contributed by atoms with Gasteiger partial charge in [-0.15, -0.1) is 0 Å². The van der Waals surface area contributed by atoms with Gasteiger partial charge in [0.25, 0.3) is 5.76 Å². The average molecular weight is 380 g/mol. The molecule has 2 aromatic carbocycles. The summed E-state index contributed by atoms with van der Waals surface area (Å²) in [6.45, 7) is 0. The van der Waals surface area contributed by atoms with E-state index in [1.807, 2.05) is 30.3 Å². The molecule has 5 nitrogen and oxygen atoms in total. The minimum Gasteiger partial charge on any atom is -0.453 e. The zero-order valence-electron chi connectivity index (χ0n) is 13.9. The topological polar surface area (TPSA) is 67.4 Å². The van der Waals surface area contributed by atoms with Crippen LogP contribution in [0.25, 0.3) is 0 Å². The van der Waals surface area contributed by atoms with Gasteiger partial charge in [-0.05, 0) is 29.8 Å². The summed E-state index contributed by atoms with van der Waals surface area (Å²) in [6.07, 6.45) is -0.439. The van der Waals surface area contributed by atoms with Crippen molar-refractivity contribution in [2.24, 2.45) is 0 Å². The van der Waals surface area contributed by atoms with Crippen LogP contribution in [-0.4, -0.2) is 30.9 Å². The highest BCUT2D eigenvalue weighted by Crippen LogP contribution is 2.26. The number of alkyl halides is 2. The van der Waals surface area contributed by atoms with Crippen molar-refractivity contribution < 1.29 is 23.1 Å². The van der Waals surface area contributed by atoms with E-state index in [1.165, 1.54) is 31.4 Å². The van der Waals surface area contributed by atoms with Gasteiger partial charge in [-0.2, -0.15) is 8.78 Å². The number of alkyl carbamates (subject to hydrolysis) is 1. The first-order chi connectivity index (χ1) is 12.5. The lowest BCUT2D eigenvalue weighted by Crippen LogP contribution is -2.45. The van der Waals surface area contributed by atoms with Crippen molar-refractivity contribution in [3.63, 3.8) is 0 Å². The Bertz CT molecular complexity index is 727. The van der Waals surface area contributed by atoms with Gasteiger partial charge < -0.3 is 15.4 Å². The van der Waals surface area contributed by atoms with Crippen molar-refractivity contribution in [3.8, 4) is 0 Å². The summed E-state index contributed by atoms with van der Waals surface area (Å²) in [4.78, 5) is 24.4. The molecule has 0 heterocycles. The molecule has 0 aliphatic carbocycles. The first-order valence-corrected chi connectivity index (χ1v) is 8.60. The predicted molar refractivity (Wildman–Crippen MR) is 96.4 cm³/mol. The molecule has 0 spiro atoms. The van der Waals surface area contributed by atoms with E-state index in [9.17, 15) is 18.4 Å². The molecular weight excluding hydrogens is 362 g/mol. The highest BCUT2D eigenvalue weighted by atomic mass is 32.2. The lowest BCUT2D eigenvalue weighted by molar-refractivity contribution is -0.118. The maximum absolute atomic E-state index is 12.5. The third-order valence-electron chi connectivity index (χ3n) is 3.42. The quantitative estimate of drug-likeness (QED) is 0.715. The first-order valence-electron chi connectivity index (χ1n) is 7.72. The zero-order chi connectivity index (χ0) is 18.9. The minimum atomic E-state index is -2.50. The van der Waals surface area contributed by atoms with Crippen molar-refractivity contribution in [1.29, 1.82) is 0 Å². The number of hydrogen-bond donors (Lipinski definition) is 2. The van der Waals surface area contributed by atoms with Crippen LogP contribution in [0.3, 0.4) is 0 Å². The molecule has 2 aromatic rings. The maximum atomic E-state index is 12.5. The third-order valence-corrected chi connectivity index (χ3v) is 4.15. The molecule has 0 fully saturated rings. The molecule has 2 rings (SSSR count). The summed E-state index contributed by atoms with van der Waals surface area (Å²) in [6, 6.07) is 14.4. The second-order valence-corrected chi connectivity index (χ2v) is 6.33. The average Bonchev–Trinajstić information content (AvgIpc) is 2.63. The molecule has 2 N–H and O–H groups in total. The highest BCUT2D eigenvalue weighted by molar-refractivity contribution is 7.99. The summed E-state index contributed by atoms with van der Waals surface area (Å²) >= 11 is 0.426. The fourth-order valence-corrected chi connectivity index (χ4v) is 2.71. The number of hydrogen-bond acceptors (Lipinski definition) is 4. The predicted octanol–water partition coefficient (Wildman–Crippen LogP) is 3.91. The van der Waals surface area contributed by atoms with E-state index in [4.69, 9.17) is 0 Å². The van der Waals surface area contributed by atoms with Crippen molar-refractivity contribution >= 4 is 29.4 Å². The monoisotopic (exact) mass is 380 g/mol. The number of benzene rings is 2. The summed E-state index contributed by atoms with van der Waals surface area (Å²) in [7, 11) is 1.21. The lowest BCUT2D eigenvalue weighted by atomic mass is 10.1. The number of thioether (sulfide) groups is 1. The van der Waals surface area contributed by atoms with Gasteiger partial charge in [0, 0.05) is 17.0 Å². The van der Waals surface area contributed by atoms with Crippen molar-refractivity contribution in [2.45, 2.75) is 23.1 Å². The Hall–Kier alpha value is -2.61.